The molecule has 0 fully saturated rings. The lowest BCUT2D eigenvalue weighted by atomic mass is 10.1. The highest BCUT2D eigenvalue weighted by molar-refractivity contribution is 7.17. The van der Waals surface area contributed by atoms with E-state index < -0.39 is 0 Å². The number of carbonyl (C=O) groups excluding carboxylic acids is 1. The van der Waals surface area contributed by atoms with Gasteiger partial charge in [0, 0.05) is 12.7 Å². The Morgan fingerprint density at radius 3 is 2.87 bits per heavy atom. The van der Waals surface area contributed by atoms with Gasteiger partial charge in [0.25, 0.3) is 5.91 Å². The summed E-state index contributed by atoms with van der Waals surface area (Å²) in [5.74, 6) is 0.992. The number of fused-ring (bicyclic) bond motifs is 1. The maximum Gasteiger partial charge on any atom is 0.271 e. The average molecular weight is 434 g/mol. The van der Waals surface area contributed by atoms with Gasteiger partial charge in [-0.05, 0) is 54.6 Å². The summed E-state index contributed by atoms with van der Waals surface area (Å²) in [7, 11) is 1.64. The minimum Gasteiger partial charge on any atom is -0.497 e. The van der Waals surface area contributed by atoms with Crippen LogP contribution in [0.4, 0.5) is 5.95 Å². The topological polar surface area (TPSA) is 89.0 Å². The van der Waals surface area contributed by atoms with Gasteiger partial charge in [-0.15, -0.1) is 11.3 Å². The molecule has 0 aliphatic rings. The van der Waals surface area contributed by atoms with Crippen LogP contribution >= 0.6 is 11.3 Å². The van der Waals surface area contributed by atoms with E-state index in [0.717, 1.165) is 27.2 Å². The molecule has 0 bridgehead atoms. The van der Waals surface area contributed by atoms with Crippen LogP contribution in [0.5, 0.6) is 5.75 Å². The highest BCUT2D eigenvalue weighted by Gasteiger charge is 2.17. The lowest BCUT2D eigenvalue weighted by Crippen LogP contribution is -2.27. The molecule has 0 saturated carbocycles. The Kier molecular flexibility index (Phi) is 6.37. The van der Waals surface area contributed by atoms with Gasteiger partial charge in [0.2, 0.25) is 5.95 Å². The third-order valence-electron chi connectivity index (χ3n) is 4.83. The van der Waals surface area contributed by atoms with Crippen LogP contribution < -0.4 is 15.4 Å². The lowest BCUT2D eigenvalue weighted by Gasteiger charge is -2.14. The molecule has 3 heterocycles. The largest absolute Gasteiger partial charge is 0.497 e. The fourth-order valence-corrected chi connectivity index (χ4v) is 4.03. The fraction of sp³-hybridized carbons (Fsp3) is 0.217. The Bertz CT molecular complexity index is 1180. The van der Waals surface area contributed by atoms with Gasteiger partial charge in [0.1, 0.15) is 5.75 Å². The predicted molar refractivity (Wildman–Crippen MR) is 123 cm³/mol. The van der Waals surface area contributed by atoms with Crippen LogP contribution in [-0.4, -0.2) is 34.5 Å². The second-order valence-corrected chi connectivity index (χ2v) is 7.92. The van der Waals surface area contributed by atoms with E-state index in [1.165, 1.54) is 11.3 Å². The van der Waals surface area contributed by atoms with Gasteiger partial charge in [0.05, 0.1) is 29.1 Å². The summed E-state index contributed by atoms with van der Waals surface area (Å²) in [6, 6.07) is 15.4. The van der Waals surface area contributed by atoms with Crippen LogP contribution in [0.1, 0.15) is 34.7 Å². The number of carbonyl (C=O) groups is 1. The third-order valence-corrected chi connectivity index (χ3v) is 5.74. The Morgan fingerprint density at radius 2 is 2.06 bits per heavy atom. The standard InChI is InChI=1S/C23H23N5O2S/c1-15(18-8-3-4-11-24-18)26-23-27-19-10-13-31-21(19)20(28-23)22(29)25-12-9-16-6-5-7-17(14-16)30-2/h3-8,10-11,13-15H,9,12H2,1-2H3,(H,25,29)(H,26,27,28)/t15-/m0/s1. The molecule has 31 heavy (non-hydrogen) atoms. The van der Waals surface area contributed by atoms with Gasteiger partial charge in [-0.2, -0.15) is 0 Å². The van der Waals surface area contributed by atoms with Crippen LogP contribution in [-0.2, 0) is 6.42 Å². The van der Waals surface area contributed by atoms with Crippen molar-refractivity contribution in [3.63, 3.8) is 0 Å². The number of nitrogens with one attached hydrogen (secondary N) is 2. The van der Waals surface area contributed by atoms with Crippen molar-refractivity contribution in [2.24, 2.45) is 0 Å². The number of rotatable bonds is 8. The van der Waals surface area contributed by atoms with Crippen molar-refractivity contribution in [3.8, 4) is 5.75 Å². The molecule has 3 aromatic heterocycles. The summed E-state index contributed by atoms with van der Waals surface area (Å²) in [6.45, 7) is 2.48. The quantitative estimate of drug-likeness (QED) is 0.432. The first-order valence-electron chi connectivity index (χ1n) is 9.98. The van der Waals surface area contributed by atoms with E-state index in [-0.39, 0.29) is 11.9 Å². The lowest BCUT2D eigenvalue weighted by molar-refractivity contribution is 0.0951. The Hall–Kier alpha value is -3.52. The summed E-state index contributed by atoms with van der Waals surface area (Å²) < 4.78 is 6.03. The minimum atomic E-state index is -0.216. The molecule has 4 aromatic rings. The molecular formula is C23H23N5O2S. The molecule has 1 amide bonds. The second-order valence-electron chi connectivity index (χ2n) is 7.01. The highest BCUT2D eigenvalue weighted by atomic mass is 32.1. The van der Waals surface area contributed by atoms with Crippen LogP contribution in [0.15, 0.2) is 60.1 Å². The smallest absolute Gasteiger partial charge is 0.271 e. The molecule has 1 atom stereocenters. The van der Waals surface area contributed by atoms with Crippen molar-refractivity contribution < 1.29 is 9.53 Å². The average Bonchev–Trinajstić information content (AvgIpc) is 3.28. The number of anilines is 1. The van der Waals surface area contributed by atoms with Gasteiger partial charge in [-0.3, -0.25) is 9.78 Å². The molecule has 0 aliphatic heterocycles. The van der Waals surface area contributed by atoms with E-state index in [1.54, 1.807) is 13.3 Å². The summed E-state index contributed by atoms with van der Waals surface area (Å²) in [5, 5.41) is 8.15. The predicted octanol–water partition coefficient (Wildman–Crippen LogP) is 4.24. The van der Waals surface area contributed by atoms with E-state index in [0.29, 0.717) is 24.6 Å². The van der Waals surface area contributed by atoms with Crippen molar-refractivity contribution in [1.82, 2.24) is 20.3 Å². The zero-order valence-corrected chi connectivity index (χ0v) is 18.1. The first kappa shape index (κ1) is 20.7. The first-order chi connectivity index (χ1) is 15.1. The molecule has 4 rings (SSSR count). The van der Waals surface area contributed by atoms with Gasteiger partial charge < -0.3 is 15.4 Å². The van der Waals surface area contributed by atoms with E-state index in [2.05, 4.69) is 25.6 Å². The molecule has 0 saturated heterocycles. The number of hydrogen-bond acceptors (Lipinski definition) is 7. The van der Waals surface area contributed by atoms with Crippen LogP contribution in [0.3, 0.4) is 0 Å². The van der Waals surface area contributed by atoms with Crippen molar-refractivity contribution in [1.29, 1.82) is 0 Å². The molecule has 0 unspecified atom stereocenters. The number of benzene rings is 1. The molecule has 0 radical (unpaired) electrons. The fourth-order valence-electron chi connectivity index (χ4n) is 3.21. The molecular weight excluding hydrogens is 410 g/mol. The Balaban J connectivity index is 1.48. The molecule has 158 valence electrons. The van der Waals surface area contributed by atoms with E-state index >= 15 is 0 Å². The van der Waals surface area contributed by atoms with Crippen LogP contribution in [0, 0.1) is 0 Å². The summed E-state index contributed by atoms with van der Waals surface area (Å²) in [6.07, 6.45) is 2.45. The van der Waals surface area contributed by atoms with Crippen molar-refractivity contribution in [2.75, 3.05) is 19.0 Å². The number of ether oxygens (including phenoxy) is 1. The number of thiophene rings is 1. The molecule has 2 N–H and O–H groups in total. The maximum absolute atomic E-state index is 12.9. The number of methoxy groups -OCH3 is 1. The monoisotopic (exact) mass is 433 g/mol. The molecule has 0 spiro atoms. The minimum absolute atomic E-state index is 0.0961. The molecule has 1 aromatic carbocycles. The van der Waals surface area contributed by atoms with E-state index in [9.17, 15) is 4.79 Å². The zero-order chi connectivity index (χ0) is 21.6. The number of nitrogens with zero attached hydrogens (tertiary/aromatic N) is 3. The van der Waals surface area contributed by atoms with Crippen molar-refractivity contribution in [2.45, 2.75) is 19.4 Å². The normalized spacial score (nSPS) is 11.8. The van der Waals surface area contributed by atoms with Gasteiger partial charge in [-0.1, -0.05) is 18.2 Å². The highest BCUT2D eigenvalue weighted by Crippen LogP contribution is 2.25. The van der Waals surface area contributed by atoms with E-state index in [4.69, 9.17) is 4.74 Å². The Morgan fingerprint density at radius 1 is 1.16 bits per heavy atom. The van der Waals surface area contributed by atoms with Gasteiger partial charge in [0.15, 0.2) is 5.69 Å². The third kappa shape index (κ3) is 4.97. The zero-order valence-electron chi connectivity index (χ0n) is 17.3. The number of hydrogen-bond donors (Lipinski definition) is 2. The molecule has 0 aliphatic carbocycles. The first-order valence-corrected chi connectivity index (χ1v) is 10.9. The summed E-state index contributed by atoms with van der Waals surface area (Å²) in [4.78, 5) is 26.4. The summed E-state index contributed by atoms with van der Waals surface area (Å²) >= 11 is 1.46. The second kappa shape index (κ2) is 9.53. The maximum atomic E-state index is 12.9. The SMILES string of the molecule is COc1cccc(CCNC(=O)c2nc(N[C@@H](C)c3ccccn3)nc3ccsc23)c1. The van der Waals surface area contributed by atoms with Gasteiger partial charge in [-0.25, -0.2) is 9.97 Å². The number of pyridine rings is 1. The number of aromatic nitrogens is 3. The molecule has 7 nitrogen and oxygen atoms in total. The van der Waals surface area contributed by atoms with Crippen molar-refractivity contribution >= 4 is 33.4 Å². The van der Waals surface area contributed by atoms with Gasteiger partial charge >= 0.3 is 0 Å². The molecule has 8 heteroatoms. The summed E-state index contributed by atoms with van der Waals surface area (Å²) in [5.41, 5.74) is 3.09. The van der Waals surface area contributed by atoms with Crippen LogP contribution in [0.25, 0.3) is 10.2 Å². The van der Waals surface area contributed by atoms with E-state index in [1.807, 2.05) is 60.8 Å². The van der Waals surface area contributed by atoms with Crippen LogP contribution in [0.2, 0.25) is 0 Å². The number of amides is 1. The Labute approximate surface area is 184 Å². The van der Waals surface area contributed by atoms with Crippen molar-refractivity contribution in [3.05, 3.63) is 77.1 Å².